The number of benzene rings is 1. The van der Waals surface area contributed by atoms with Crippen molar-refractivity contribution in [3.63, 3.8) is 0 Å². The number of aryl methyl sites for hydroxylation is 1. The van der Waals surface area contributed by atoms with Crippen LogP contribution in [0.1, 0.15) is 5.56 Å². The van der Waals surface area contributed by atoms with Crippen molar-refractivity contribution < 1.29 is 0 Å². The van der Waals surface area contributed by atoms with Gasteiger partial charge in [0.2, 0.25) is 0 Å². The largest absolute Gasteiger partial charge is 0.351 e. The number of rotatable bonds is 1. The normalized spacial score (nSPS) is 10.9. The van der Waals surface area contributed by atoms with E-state index in [0.29, 0.717) is 0 Å². The molecule has 14 heavy (non-hydrogen) atoms. The van der Waals surface area contributed by atoms with Crippen LogP contribution >= 0.6 is 0 Å². The first-order chi connectivity index (χ1) is 6.83. The minimum absolute atomic E-state index is 1.09. The zero-order chi connectivity index (χ0) is 9.97. The van der Waals surface area contributed by atoms with E-state index in [4.69, 9.17) is 5.26 Å². The van der Waals surface area contributed by atoms with Gasteiger partial charge in [0.25, 0.3) is 0 Å². The third-order valence-electron chi connectivity index (χ3n) is 2.30. The summed E-state index contributed by atoms with van der Waals surface area (Å²) < 4.78 is 2.07. The standard InChI is InChI=1S/C12H10N2/c1-14-9-7-11-10(5-3-8-13)4-2-6-12(11)14/h2-7,9H,1H3/b5-3+. The van der Waals surface area contributed by atoms with Crippen molar-refractivity contribution in [3.05, 3.63) is 42.1 Å². The molecular formula is C12H10N2. The summed E-state index contributed by atoms with van der Waals surface area (Å²) in [5.74, 6) is 0. The quantitative estimate of drug-likeness (QED) is 0.623. The molecule has 0 aliphatic rings. The van der Waals surface area contributed by atoms with E-state index in [1.165, 1.54) is 17.0 Å². The van der Waals surface area contributed by atoms with Crippen molar-refractivity contribution in [3.8, 4) is 6.07 Å². The summed E-state index contributed by atoms with van der Waals surface area (Å²) >= 11 is 0. The van der Waals surface area contributed by atoms with E-state index in [9.17, 15) is 0 Å². The Hall–Kier alpha value is -2.01. The van der Waals surface area contributed by atoms with Crippen molar-refractivity contribution in [1.29, 1.82) is 5.26 Å². The molecule has 0 saturated carbocycles. The molecule has 2 heteroatoms. The predicted molar refractivity (Wildman–Crippen MR) is 57.6 cm³/mol. The van der Waals surface area contributed by atoms with Gasteiger partial charge in [0.15, 0.2) is 0 Å². The van der Waals surface area contributed by atoms with Crippen LogP contribution in [0.15, 0.2) is 36.5 Å². The number of allylic oxidation sites excluding steroid dienone is 1. The summed E-state index contributed by atoms with van der Waals surface area (Å²) in [7, 11) is 2.01. The van der Waals surface area contributed by atoms with Gasteiger partial charge in [0, 0.05) is 30.2 Å². The summed E-state index contributed by atoms with van der Waals surface area (Å²) in [4.78, 5) is 0. The summed E-state index contributed by atoms with van der Waals surface area (Å²) in [5.41, 5.74) is 2.27. The Morgan fingerprint density at radius 1 is 1.36 bits per heavy atom. The second-order valence-electron chi connectivity index (χ2n) is 3.17. The monoisotopic (exact) mass is 182 g/mol. The molecule has 0 unspecified atom stereocenters. The molecule has 1 heterocycles. The lowest BCUT2D eigenvalue weighted by atomic mass is 10.1. The van der Waals surface area contributed by atoms with Gasteiger partial charge in [-0.25, -0.2) is 0 Å². The van der Waals surface area contributed by atoms with E-state index < -0.39 is 0 Å². The maximum Gasteiger partial charge on any atom is 0.0912 e. The SMILES string of the molecule is Cn1ccc2c(/C=C/C#N)cccc21. The Morgan fingerprint density at radius 3 is 3.00 bits per heavy atom. The van der Waals surface area contributed by atoms with Gasteiger partial charge >= 0.3 is 0 Å². The summed E-state index contributed by atoms with van der Waals surface area (Å²) in [6.07, 6.45) is 5.36. The second-order valence-corrected chi connectivity index (χ2v) is 3.17. The van der Waals surface area contributed by atoms with E-state index in [2.05, 4.69) is 16.7 Å². The molecular weight excluding hydrogens is 172 g/mol. The molecule has 0 aliphatic heterocycles. The lowest BCUT2D eigenvalue weighted by Gasteiger charge is -1.98. The van der Waals surface area contributed by atoms with Crippen LogP contribution in [-0.2, 0) is 7.05 Å². The van der Waals surface area contributed by atoms with Gasteiger partial charge in [-0.05, 0) is 23.8 Å². The first-order valence-electron chi connectivity index (χ1n) is 4.43. The summed E-state index contributed by atoms with van der Waals surface area (Å²) in [6.45, 7) is 0. The third-order valence-corrected chi connectivity index (χ3v) is 2.30. The molecule has 0 radical (unpaired) electrons. The molecule has 0 saturated heterocycles. The van der Waals surface area contributed by atoms with Crippen molar-refractivity contribution in [2.24, 2.45) is 7.05 Å². The van der Waals surface area contributed by atoms with E-state index in [1.807, 2.05) is 37.5 Å². The van der Waals surface area contributed by atoms with Crippen LogP contribution in [-0.4, -0.2) is 4.57 Å². The Morgan fingerprint density at radius 2 is 2.21 bits per heavy atom. The molecule has 0 aliphatic carbocycles. The lowest BCUT2D eigenvalue weighted by Crippen LogP contribution is -1.83. The van der Waals surface area contributed by atoms with Crippen molar-refractivity contribution in [1.82, 2.24) is 4.57 Å². The summed E-state index contributed by atoms with van der Waals surface area (Å²) in [5, 5.41) is 9.64. The molecule has 0 fully saturated rings. The number of aromatic nitrogens is 1. The van der Waals surface area contributed by atoms with Gasteiger partial charge in [-0.3, -0.25) is 0 Å². The maximum absolute atomic E-state index is 8.46. The number of hydrogen-bond donors (Lipinski definition) is 0. The Bertz CT molecular complexity index is 527. The van der Waals surface area contributed by atoms with Gasteiger partial charge in [-0.1, -0.05) is 12.1 Å². The zero-order valence-electron chi connectivity index (χ0n) is 7.94. The molecule has 0 bridgehead atoms. The fraction of sp³-hybridized carbons (Fsp3) is 0.0833. The first kappa shape index (κ1) is 8.58. The van der Waals surface area contributed by atoms with Crippen LogP contribution in [0, 0.1) is 11.3 Å². The van der Waals surface area contributed by atoms with Gasteiger partial charge < -0.3 is 4.57 Å². The van der Waals surface area contributed by atoms with Gasteiger partial charge in [-0.15, -0.1) is 0 Å². The van der Waals surface area contributed by atoms with Crippen LogP contribution < -0.4 is 0 Å². The average Bonchev–Trinajstić information content (AvgIpc) is 2.58. The molecule has 0 N–H and O–H groups in total. The smallest absolute Gasteiger partial charge is 0.0912 e. The van der Waals surface area contributed by atoms with Crippen LogP contribution in [0.25, 0.3) is 17.0 Å². The summed E-state index contributed by atoms with van der Waals surface area (Å²) in [6, 6.07) is 10.1. The zero-order valence-corrected chi connectivity index (χ0v) is 7.94. The molecule has 0 spiro atoms. The molecule has 2 aromatic rings. The number of hydrogen-bond acceptors (Lipinski definition) is 1. The molecule has 1 aromatic heterocycles. The fourth-order valence-corrected chi connectivity index (χ4v) is 1.60. The molecule has 0 amide bonds. The number of nitrogens with zero attached hydrogens (tertiary/aromatic N) is 2. The van der Waals surface area contributed by atoms with Gasteiger partial charge in [0.1, 0.15) is 0 Å². The molecule has 0 atom stereocenters. The topological polar surface area (TPSA) is 28.7 Å². The number of nitriles is 1. The fourth-order valence-electron chi connectivity index (χ4n) is 1.60. The van der Waals surface area contributed by atoms with Gasteiger partial charge in [-0.2, -0.15) is 5.26 Å². The third kappa shape index (κ3) is 1.29. The van der Waals surface area contributed by atoms with Crippen molar-refractivity contribution in [2.75, 3.05) is 0 Å². The first-order valence-corrected chi connectivity index (χ1v) is 4.43. The highest BCUT2D eigenvalue weighted by atomic mass is 14.9. The Labute approximate surface area is 82.7 Å². The lowest BCUT2D eigenvalue weighted by molar-refractivity contribution is 0.969. The van der Waals surface area contributed by atoms with Gasteiger partial charge in [0.05, 0.1) is 6.07 Å². The van der Waals surface area contributed by atoms with E-state index in [0.717, 1.165) is 5.56 Å². The molecule has 68 valence electrons. The highest BCUT2D eigenvalue weighted by Crippen LogP contribution is 2.20. The van der Waals surface area contributed by atoms with Crippen LogP contribution in [0.5, 0.6) is 0 Å². The van der Waals surface area contributed by atoms with Crippen molar-refractivity contribution >= 4 is 17.0 Å². The Kier molecular flexibility index (Phi) is 2.08. The highest BCUT2D eigenvalue weighted by molar-refractivity contribution is 5.89. The average molecular weight is 182 g/mol. The predicted octanol–water partition coefficient (Wildman–Crippen LogP) is 2.72. The van der Waals surface area contributed by atoms with E-state index in [-0.39, 0.29) is 0 Å². The minimum Gasteiger partial charge on any atom is -0.351 e. The van der Waals surface area contributed by atoms with Crippen LogP contribution in [0.3, 0.4) is 0 Å². The van der Waals surface area contributed by atoms with E-state index >= 15 is 0 Å². The second kappa shape index (κ2) is 3.39. The Balaban J connectivity index is 2.67. The van der Waals surface area contributed by atoms with Crippen molar-refractivity contribution in [2.45, 2.75) is 0 Å². The molecule has 1 aromatic carbocycles. The minimum atomic E-state index is 1.09. The maximum atomic E-state index is 8.46. The molecule has 2 nitrogen and oxygen atoms in total. The number of fused-ring (bicyclic) bond motifs is 1. The molecule has 2 rings (SSSR count). The van der Waals surface area contributed by atoms with Crippen LogP contribution in [0.4, 0.5) is 0 Å². The van der Waals surface area contributed by atoms with Crippen LogP contribution in [0.2, 0.25) is 0 Å². The highest BCUT2D eigenvalue weighted by Gasteiger charge is 1.99. The van der Waals surface area contributed by atoms with E-state index in [1.54, 1.807) is 0 Å².